The Hall–Kier alpha value is -1.58. The van der Waals surface area contributed by atoms with Gasteiger partial charge in [-0.2, -0.15) is 0 Å². The Bertz CT molecular complexity index is 557. The Labute approximate surface area is 118 Å². The largest absolute Gasteiger partial charge is 0.389 e. The van der Waals surface area contributed by atoms with Crippen LogP contribution in [0.5, 0.6) is 0 Å². The number of halogens is 1. The van der Waals surface area contributed by atoms with E-state index in [0.717, 1.165) is 28.5 Å². The zero-order valence-corrected chi connectivity index (χ0v) is 11.8. The van der Waals surface area contributed by atoms with Crippen LogP contribution in [0.2, 0.25) is 5.02 Å². The Balaban J connectivity index is 2.15. The van der Waals surface area contributed by atoms with Crippen molar-refractivity contribution in [3.63, 3.8) is 0 Å². The monoisotopic (exact) mass is 276 g/mol. The summed E-state index contributed by atoms with van der Waals surface area (Å²) in [6, 6.07) is 11.5. The van der Waals surface area contributed by atoms with E-state index in [9.17, 15) is 5.11 Å². The van der Waals surface area contributed by atoms with E-state index in [1.54, 1.807) is 13.1 Å². The normalized spacial score (nSPS) is 12.2. The van der Waals surface area contributed by atoms with Gasteiger partial charge in [-0.05, 0) is 42.3 Å². The van der Waals surface area contributed by atoms with Crippen LogP contribution in [0.15, 0.2) is 42.6 Å². The van der Waals surface area contributed by atoms with E-state index in [1.165, 1.54) is 0 Å². The van der Waals surface area contributed by atoms with Crippen molar-refractivity contribution in [2.45, 2.75) is 19.6 Å². The zero-order valence-electron chi connectivity index (χ0n) is 11.0. The van der Waals surface area contributed by atoms with Crippen LogP contribution in [0.25, 0.3) is 0 Å². The molecule has 1 atom stereocenters. The topological polar surface area (TPSA) is 36.4 Å². The highest BCUT2D eigenvalue weighted by atomic mass is 35.5. The van der Waals surface area contributed by atoms with Gasteiger partial charge in [0, 0.05) is 24.8 Å². The molecule has 1 aromatic carbocycles. The number of hydrogen-bond donors (Lipinski definition) is 1. The molecule has 0 aliphatic heterocycles. The van der Waals surface area contributed by atoms with E-state index in [2.05, 4.69) is 4.98 Å². The van der Waals surface area contributed by atoms with Crippen LogP contribution in [0.1, 0.15) is 24.2 Å². The van der Waals surface area contributed by atoms with Gasteiger partial charge in [0.05, 0.1) is 6.10 Å². The second-order valence-corrected chi connectivity index (χ2v) is 5.05. The van der Waals surface area contributed by atoms with Crippen molar-refractivity contribution in [3.05, 3.63) is 58.7 Å². The minimum atomic E-state index is -0.485. The summed E-state index contributed by atoms with van der Waals surface area (Å²) in [4.78, 5) is 6.35. The van der Waals surface area contributed by atoms with Crippen LogP contribution in [0, 0.1) is 0 Å². The number of anilines is 1. The summed E-state index contributed by atoms with van der Waals surface area (Å²) in [6.07, 6.45) is 1.23. The predicted molar refractivity (Wildman–Crippen MR) is 78.4 cm³/mol. The molecule has 2 aromatic rings. The standard InChI is InChI=1S/C15H17ClN2O/c1-11(19)13-6-7-17-15(9-13)18(2)10-12-4-3-5-14(16)8-12/h3-9,11,19H,10H2,1-2H3/t11-/m1/s1. The highest BCUT2D eigenvalue weighted by Gasteiger charge is 2.07. The summed E-state index contributed by atoms with van der Waals surface area (Å²) in [5.41, 5.74) is 1.99. The summed E-state index contributed by atoms with van der Waals surface area (Å²) >= 11 is 5.97. The number of rotatable bonds is 4. The maximum Gasteiger partial charge on any atom is 0.128 e. The molecular formula is C15H17ClN2O. The van der Waals surface area contributed by atoms with Gasteiger partial charge in [-0.1, -0.05) is 23.7 Å². The molecule has 0 unspecified atom stereocenters. The van der Waals surface area contributed by atoms with Crippen LogP contribution >= 0.6 is 11.6 Å². The molecule has 0 spiro atoms. The molecule has 0 saturated heterocycles. The maximum absolute atomic E-state index is 9.59. The van der Waals surface area contributed by atoms with Crippen molar-refractivity contribution in [1.82, 2.24) is 4.98 Å². The van der Waals surface area contributed by atoms with Crippen molar-refractivity contribution in [2.24, 2.45) is 0 Å². The molecule has 2 rings (SSSR count). The third kappa shape index (κ3) is 3.69. The molecule has 1 heterocycles. The molecule has 100 valence electrons. The lowest BCUT2D eigenvalue weighted by Crippen LogP contribution is -2.17. The third-order valence-corrected chi connectivity index (χ3v) is 3.19. The molecule has 4 heteroatoms. The second kappa shape index (κ2) is 6.04. The molecule has 0 bridgehead atoms. The lowest BCUT2D eigenvalue weighted by Gasteiger charge is -2.19. The van der Waals surface area contributed by atoms with Gasteiger partial charge >= 0.3 is 0 Å². The molecule has 1 aromatic heterocycles. The van der Waals surface area contributed by atoms with E-state index in [-0.39, 0.29) is 0 Å². The average molecular weight is 277 g/mol. The SMILES string of the molecule is C[C@@H](O)c1ccnc(N(C)Cc2cccc(Cl)c2)c1. The molecule has 0 aliphatic carbocycles. The van der Waals surface area contributed by atoms with Crippen molar-refractivity contribution in [2.75, 3.05) is 11.9 Å². The molecule has 3 nitrogen and oxygen atoms in total. The quantitative estimate of drug-likeness (QED) is 0.929. The molecule has 0 radical (unpaired) electrons. The minimum absolute atomic E-state index is 0.485. The van der Waals surface area contributed by atoms with Crippen LogP contribution in [0.4, 0.5) is 5.82 Å². The lowest BCUT2D eigenvalue weighted by atomic mass is 10.1. The van der Waals surface area contributed by atoms with Crippen molar-refractivity contribution < 1.29 is 5.11 Å². The molecule has 0 amide bonds. The Morgan fingerprint density at radius 3 is 2.79 bits per heavy atom. The van der Waals surface area contributed by atoms with E-state index >= 15 is 0 Å². The Kier molecular flexibility index (Phi) is 4.40. The number of hydrogen-bond acceptors (Lipinski definition) is 3. The Morgan fingerprint density at radius 2 is 2.11 bits per heavy atom. The molecule has 19 heavy (non-hydrogen) atoms. The fourth-order valence-corrected chi connectivity index (χ4v) is 2.11. The average Bonchev–Trinajstić information content (AvgIpc) is 2.39. The molecule has 0 fully saturated rings. The second-order valence-electron chi connectivity index (χ2n) is 4.61. The summed E-state index contributed by atoms with van der Waals surface area (Å²) < 4.78 is 0. The Morgan fingerprint density at radius 1 is 1.32 bits per heavy atom. The van der Waals surface area contributed by atoms with Crippen molar-refractivity contribution in [3.8, 4) is 0 Å². The molecule has 1 N–H and O–H groups in total. The minimum Gasteiger partial charge on any atom is -0.389 e. The number of aromatic nitrogens is 1. The molecule has 0 saturated carbocycles. The van der Waals surface area contributed by atoms with Crippen LogP contribution in [-0.2, 0) is 6.54 Å². The summed E-state index contributed by atoms with van der Waals surface area (Å²) in [6.45, 7) is 2.47. The fourth-order valence-electron chi connectivity index (χ4n) is 1.89. The summed E-state index contributed by atoms with van der Waals surface area (Å²) in [5, 5.41) is 10.3. The zero-order chi connectivity index (χ0) is 13.8. The number of aliphatic hydroxyl groups excluding tert-OH is 1. The lowest BCUT2D eigenvalue weighted by molar-refractivity contribution is 0.199. The van der Waals surface area contributed by atoms with Gasteiger partial charge in [0.2, 0.25) is 0 Å². The number of pyridine rings is 1. The van der Waals surface area contributed by atoms with Crippen LogP contribution < -0.4 is 4.90 Å². The van der Waals surface area contributed by atoms with Gasteiger partial charge in [0.15, 0.2) is 0 Å². The summed E-state index contributed by atoms with van der Waals surface area (Å²) in [7, 11) is 1.97. The fraction of sp³-hybridized carbons (Fsp3) is 0.267. The first kappa shape index (κ1) is 13.8. The molecular weight excluding hydrogens is 260 g/mol. The van der Waals surface area contributed by atoms with Gasteiger partial charge in [0.1, 0.15) is 5.82 Å². The highest BCUT2D eigenvalue weighted by molar-refractivity contribution is 6.30. The first-order valence-electron chi connectivity index (χ1n) is 6.16. The van der Waals surface area contributed by atoms with E-state index in [4.69, 9.17) is 11.6 Å². The third-order valence-electron chi connectivity index (χ3n) is 2.95. The van der Waals surface area contributed by atoms with Crippen LogP contribution in [-0.4, -0.2) is 17.1 Å². The van der Waals surface area contributed by atoms with E-state index < -0.39 is 6.10 Å². The first-order valence-corrected chi connectivity index (χ1v) is 6.53. The van der Waals surface area contributed by atoms with E-state index in [1.807, 2.05) is 48.3 Å². The molecule has 0 aliphatic rings. The number of nitrogens with zero attached hydrogens (tertiary/aromatic N) is 2. The van der Waals surface area contributed by atoms with Gasteiger partial charge in [-0.15, -0.1) is 0 Å². The number of benzene rings is 1. The van der Waals surface area contributed by atoms with Gasteiger partial charge < -0.3 is 10.0 Å². The van der Waals surface area contributed by atoms with Gasteiger partial charge in [-0.25, -0.2) is 4.98 Å². The summed E-state index contributed by atoms with van der Waals surface area (Å²) in [5.74, 6) is 0.832. The van der Waals surface area contributed by atoms with Gasteiger partial charge in [-0.3, -0.25) is 0 Å². The predicted octanol–water partition coefficient (Wildman–Crippen LogP) is 3.42. The van der Waals surface area contributed by atoms with Crippen molar-refractivity contribution in [1.29, 1.82) is 0 Å². The van der Waals surface area contributed by atoms with Crippen LogP contribution in [0.3, 0.4) is 0 Å². The van der Waals surface area contributed by atoms with Gasteiger partial charge in [0.25, 0.3) is 0 Å². The highest BCUT2D eigenvalue weighted by Crippen LogP contribution is 2.19. The van der Waals surface area contributed by atoms with Crippen molar-refractivity contribution >= 4 is 17.4 Å². The first-order chi connectivity index (χ1) is 9.06. The smallest absolute Gasteiger partial charge is 0.128 e. The maximum atomic E-state index is 9.59. The van der Waals surface area contributed by atoms with E-state index in [0.29, 0.717) is 0 Å². The number of aliphatic hydroxyl groups is 1.